The van der Waals surface area contributed by atoms with Crippen LogP contribution in [-0.4, -0.2) is 30.7 Å². The molecule has 2 N–H and O–H groups in total. The molecule has 0 radical (unpaired) electrons. The monoisotopic (exact) mass is 297 g/mol. The molecule has 0 amide bonds. The number of carbonyl (C=O) groups is 2. The Morgan fingerprint density at radius 3 is 2.75 bits per heavy atom. The maximum Gasteiger partial charge on any atom is 0.341 e. The van der Waals surface area contributed by atoms with Crippen LogP contribution in [0.15, 0.2) is 0 Å². The molecule has 20 heavy (non-hydrogen) atoms. The van der Waals surface area contributed by atoms with Gasteiger partial charge in [0.15, 0.2) is 0 Å². The van der Waals surface area contributed by atoms with Gasteiger partial charge in [0.2, 0.25) is 0 Å². The molecule has 1 aliphatic carbocycles. The van der Waals surface area contributed by atoms with Crippen molar-refractivity contribution in [2.24, 2.45) is 0 Å². The Kier molecular flexibility index (Phi) is 5.00. The highest BCUT2D eigenvalue weighted by Gasteiger charge is 2.25. The summed E-state index contributed by atoms with van der Waals surface area (Å²) in [4.78, 5) is 23.8. The number of carbonyl (C=O) groups excluding carboxylic acids is 1. The maximum absolute atomic E-state index is 12.0. The zero-order chi connectivity index (χ0) is 14.5. The molecule has 1 aromatic rings. The Morgan fingerprint density at radius 1 is 1.30 bits per heavy atom. The second kappa shape index (κ2) is 6.74. The van der Waals surface area contributed by atoms with Gasteiger partial charge >= 0.3 is 11.9 Å². The topological polar surface area (TPSA) is 75.6 Å². The number of fused-ring (bicyclic) bond motifs is 1. The number of carboxylic acid groups (broad SMARTS) is 1. The Balaban J connectivity index is 2.25. The van der Waals surface area contributed by atoms with Crippen LogP contribution < -0.4 is 5.32 Å². The van der Waals surface area contributed by atoms with Crippen molar-refractivity contribution in [2.75, 3.05) is 19.0 Å². The Bertz CT molecular complexity index is 510. The van der Waals surface area contributed by atoms with E-state index in [1.165, 1.54) is 18.4 Å². The van der Waals surface area contributed by atoms with Crippen LogP contribution in [0.4, 0.5) is 5.00 Å². The molecule has 5 nitrogen and oxygen atoms in total. The van der Waals surface area contributed by atoms with Gasteiger partial charge in [-0.2, -0.15) is 0 Å². The zero-order valence-corrected chi connectivity index (χ0v) is 12.3. The standard InChI is InChI=1S/C14H19NO4S/c1-19-14(18)12-9-5-3-2-4-6-10(9)20-13(12)15-8-7-11(16)17/h15H,2-8H2,1H3,(H,16,17). The quantitative estimate of drug-likeness (QED) is 0.645. The number of anilines is 1. The molecule has 2 rings (SSSR count). The molecule has 0 spiro atoms. The first-order valence-corrected chi connectivity index (χ1v) is 7.63. The maximum atomic E-state index is 12.0. The van der Waals surface area contributed by atoms with Crippen molar-refractivity contribution < 1.29 is 19.4 Å². The summed E-state index contributed by atoms with van der Waals surface area (Å²) in [5.74, 6) is -1.18. The second-order valence-electron chi connectivity index (χ2n) is 4.83. The normalized spacial score (nSPS) is 14.2. The fourth-order valence-electron chi connectivity index (χ4n) is 2.47. The van der Waals surface area contributed by atoms with Crippen molar-refractivity contribution in [1.29, 1.82) is 0 Å². The lowest BCUT2D eigenvalue weighted by Crippen LogP contribution is -2.11. The van der Waals surface area contributed by atoms with E-state index < -0.39 is 5.97 Å². The summed E-state index contributed by atoms with van der Waals surface area (Å²) in [7, 11) is 1.38. The number of nitrogens with one attached hydrogen (secondary N) is 1. The molecule has 1 aliphatic rings. The van der Waals surface area contributed by atoms with E-state index in [4.69, 9.17) is 9.84 Å². The van der Waals surface area contributed by atoms with Gasteiger partial charge in [-0.05, 0) is 31.2 Å². The molecule has 6 heteroatoms. The van der Waals surface area contributed by atoms with Crippen LogP contribution in [0.3, 0.4) is 0 Å². The van der Waals surface area contributed by atoms with Gasteiger partial charge in [-0.15, -0.1) is 11.3 Å². The Labute approximate surface area is 121 Å². The third-order valence-electron chi connectivity index (χ3n) is 3.44. The first kappa shape index (κ1) is 14.8. The second-order valence-corrected chi connectivity index (χ2v) is 5.94. The molecule has 0 bridgehead atoms. The van der Waals surface area contributed by atoms with Crippen LogP contribution in [0.1, 0.15) is 46.5 Å². The number of aliphatic carboxylic acids is 1. The summed E-state index contributed by atoms with van der Waals surface area (Å²) in [6.07, 6.45) is 5.33. The lowest BCUT2D eigenvalue weighted by molar-refractivity contribution is -0.136. The van der Waals surface area contributed by atoms with Crippen LogP contribution >= 0.6 is 11.3 Å². The summed E-state index contributed by atoms with van der Waals surface area (Å²) in [5.41, 5.74) is 1.71. The molecular formula is C14H19NO4S. The molecular weight excluding hydrogens is 278 g/mol. The fraction of sp³-hybridized carbons (Fsp3) is 0.571. The predicted octanol–water partition coefficient (Wildman–Crippen LogP) is 2.69. The van der Waals surface area contributed by atoms with Crippen LogP contribution in [0.2, 0.25) is 0 Å². The number of hydrogen-bond acceptors (Lipinski definition) is 5. The molecule has 1 heterocycles. The van der Waals surface area contributed by atoms with E-state index in [0.717, 1.165) is 36.2 Å². The lowest BCUT2D eigenvalue weighted by Gasteiger charge is -2.07. The van der Waals surface area contributed by atoms with E-state index >= 15 is 0 Å². The van der Waals surface area contributed by atoms with Crippen LogP contribution in [0.25, 0.3) is 0 Å². The van der Waals surface area contributed by atoms with Crippen molar-refractivity contribution in [3.8, 4) is 0 Å². The minimum atomic E-state index is -0.852. The first-order valence-electron chi connectivity index (χ1n) is 6.82. The Hall–Kier alpha value is -1.56. The van der Waals surface area contributed by atoms with Gasteiger partial charge in [0.25, 0.3) is 0 Å². The zero-order valence-electron chi connectivity index (χ0n) is 11.5. The van der Waals surface area contributed by atoms with Gasteiger partial charge in [0.05, 0.1) is 19.1 Å². The van der Waals surface area contributed by atoms with Gasteiger partial charge in [0.1, 0.15) is 5.00 Å². The molecule has 110 valence electrons. The average Bonchev–Trinajstić information content (AvgIpc) is 2.60. The number of esters is 1. The van der Waals surface area contributed by atoms with Gasteiger partial charge in [-0.1, -0.05) is 6.42 Å². The predicted molar refractivity (Wildman–Crippen MR) is 77.7 cm³/mol. The van der Waals surface area contributed by atoms with E-state index in [9.17, 15) is 9.59 Å². The van der Waals surface area contributed by atoms with Crippen molar-refractivity contribution in [2.45, 2.75) is 38.5 Å². The van der Waals surface area contributed by atoms with E-state index in [1.54, 1.807) is 11.3 Å². The number of hydrogen-bond donors (Lipinski definition) is 2. The van der Waals surface area contributed by atoms with E-state index in [0.29, 0.717) is 12.1 Å². The number of ether oxygens (including phenoxy) is 1. The molecule has 0 unspecified atom stereocenters. The van der Waals surface area contributed by atoms with Crippen molar-refractivity contribution in [1.82, 2.24) is 0 Å². The smallest absolute Gasteiger partial charge is 0.341 e. The summed E-state index contributed by atoms with van der Waals surface area (Å²) in [5, 5.41) is 12.5. The number of rotatable bonds is 5. The minimum Gasteiger partial charge on any atom is -0.481 e. The molecule has 0 atom stereocenters. The highest BCUT2D eigenvalue weighted by atomic mass is 32.1. The summed E-state index contributed by atoms with van der Waals surface area (Å²) in [6.45, 7) is 0.318. The number of thiophene rings is 1. The van der Waals surface area contributed by atoms with E-state index in [1.807, 2.05) is 0 Å². The lowest BCUT2D eigenvalue weighted by atomic mass is 10.1. The summed E-state index contributed by atoms with van der Waals surface area (Å²) in [6, 6.07) is 0. The molecule has 0 fully saturated rings. The molecule has 0 aromatic carbocycles. The van der Waals surface area contributed by atoms with Gasteiger partial charge < -0.3 is 15.2 Å². The highest BCUT2D eigenvalue weighted by molar-refractivity contribution is 7.16. The Morgan fingerprint density at radius 2 is 2.05 bits per heavy atom. The molecule has 1 aromatic heterocycles. The van der Waals surface area contributed by atoms with Crippen LogP contribution in [0, 0.1) is 0 Å². The molecule has 0 saturated heterocycles. The van der Waals surface area contributed by atoms with Gasteiger partial charge in [-0.3, -0.25) is 4.79 Å². The molecule has 0 saturated carbocycles. The van der Waals surface area contributed by atoms with Crippen LogP contribution in [0.5, 0.6) is 0 Å². The number of carboxylic acids is 1. The van der Waals surface area contributed by atoms with Crippen molar-refractivity contribution in [3.05, 3.63) is 16.0 Å². The van der Waals surface area contributed by atoms with Crippen LogP contribution in [-0.2, 0) is 22.4 Å². The van der Waals surface area contributed by atoms with Gasteiger partial charge in [-0.25, -0.2) is 4.79 Å². The van der Waals surface area contributed by atoms with E-state index in [2.05, 4.69) is 5.32 Å². The largest absolute Gasteiger partial charge is 0.481 e. The SMILES string of the molecule is COC(=O)c1c(NCCC(=O)O)sc2c1CCCCC2. The number of aryl methyl sites for hydroxylation is 1. The van der Waals surface area contributed by atoms with Crippen molar-refractivity contribution in [3.63, 3.8) is 0 Å². The average molecular weight is 297 g/mol. The first-order chi connectivity index (χ1) is 9.63. The summed E-state index contributed by atoms with van der Waals surface area (Å²) >= 11 is 1.57. The minimum absolute atomic E-state index is 0.0309. The third kappa shape index (κ3) is 3.30. The van der Waals surface area contributed by atoms with E-state index in [-0.39, 0.29) is 12.4 Å². The third-order valence-corrected chi connectivity index (χ3v) is 4.68. The molecule has 0 aliphatic heterocycles. The van der Waals surface area contributed by atoms with Gasteiger partial charge in [0, 0.05) is 11.4 Å². The summed E-state index contributed by atoms with van der Waals surface area (Å²) < 4.78 is 4.88. The highest BCUT2D eigenvalue weighted by Crippen LogP contribution is 2.37. The number of methoxy groups -OCH3 is 1. The fourth-order valence-corrected chi connectivity index (χ4v) is 3.77. The van der Waals surface area contributed by atoms with Crippen molar-refractivity contribution >= 4 is 28.3 Å².